The zero-order valence-corrected chi connectivity index (χ0v) is 9.22. The topological polar surface area (TPSA) is 46.2 Å². The molecule has 0 spiro atoms. The number of aryl methyl sites for hydroxylation is 1. The average molecular weight is 193 g/mol. The van der Waals surface area contributed by atoms with Crippen LogP contribution in [0.1, 0.15) is 36.5 Å². The zero-order chi connectivity index (χ0) is 10.7. The van der Waals surface area contributed by atoms with Gasteiger partial charge in [0.1, 0.15) is 5.75 Å². The summed E-state index contributed by atoms with van der Waals surface area (Å²) < 4.78 is 0. The fraction of sp³-hybridized carbons (Fsp3) is 0.500. The summed E-state index contributed by atoms with van der Waals surface area (Å²) in [7, 11) is 0. The van der Waals surface area contributed by atoms with E-state index in [-0.39, 0.29) is 0 Å². The Morgan fingerprint density at radius 3 is 2.50 bits per heavy atom. The van der Waals surface area contributed by atoms with E-state index < -0.39 is 0 Å². The van der Waals surface area contributed by atoms with Crippen LogP contribution < -0.4 is 5.73 Å². The third kappa shape index (κ3) is 2.00. The van der Waals surface area contributed by atoms with Crippen molar-refractivity contribution in [2.75, 3.05) is 5.73 Å². The van der Waals surface area contributed by atoms with Crippen LogP contribution >= 0.6 is 0 Å². The van der Waals surface area contributed by atoms with Gasteiger partial charge in [0.15, 0.2) is 0 Å². The minimum Gasteiger partial charge on any atom is -0.508 e. The van der Waals surface area contributed by atoms with E-state index in [0.29, 0.717) is 5.75 Å². The van der Waals surface area contributed by atoms with Gasteiger partial charge in [-0.2, -0.15) is 0 Å². The Morgan fingerprint density at radius 2 is 1.93 bits per heavy atom. The van der Waals surface area contributed by atoms with Crippen LogP contribution in [0.15, 0.2) is 6.07 Å². The van der Waals surface area contributed by atoms with Crippen LogP contribution in [0.2, 0.25) is 0 Å². The first-order chi connectivity index (χ1) is 6.57. The molecule has 1 aromatic rings. The summed E-state index contributed by atoms with van der Waals surface area (Å²) in [4.78, 5) is 0. The number of nitrogen functional groups attached to an aromatic ring is 1. The number of benzene rings is 1. The fourth-order valence-electron chi connectivity index (χ4n) is 1.56. The lowest BCUT2D eigenvalue weighted by Crippen LogP contribution is -1.99. The molecule has 0 atom stereocenters. The first-order valence-electron chi connectivity index (χ1n) is 5.15. The fourth-order valence-corrected chi connectivity index (χ4v) is 1.56. The quantitative estimate of drug-likeness (QED) is 0.572. The van der Waals surface area contributed by atoms with Crippen LogP contribution in [-0.4, -0.2) is 5.11 Å². The highest BCUT2D eigenvalue weighted by Crippen LogP contribution is 2.29. The van der Waals surface area contributed by atoms with Crippen molar-refractivity contribution in [1.82, 2.24) is 0 Å². The molecule has 0 saturated carbocycles. The average Bonchev–Trinajstić information content (AvgIpc) is 2.18. The Balaban J connectivity index is 3.06. The van der Waals surface area contributed by atoms with Gasteiger partial charge in [0.2, 0.25) is 0 Å². The zero-order valence-electron chi connectivity index (χ0n) is 9.22. The Bertz CT molecular complexity index is 332. The van der Waals surface area contributed by atoms with E-state index in [1.807, 2.05) is 13.8 Å². The van der Waals surface area contributed by atoms with Crippen LogP contribution in [0.3, 0.4) is 0 Å². The summed E-state index contributed by atoms with van der Waals surface area (Å²) in [5.41, 5.74) is 9.80. The van der Waals surface area contributed by atoms with Crippen molar-refractivity contribution in [3.63, 3.8) is 0 Å². The van der Waals surface area contributed by atoms with Gasteiger partial charge in [-0.25, -0.2) is 0 Å². The van der Waals surface area contributed by atoms with Gasteiger partial charge in [0.05, 0.1) is 0 Å². The summed E-state index contributed by atoms with van der Waals surface area (Å²) >= 11 is 0. The van der Waals surface area contributed by atoms with E-state index in [1.54, 1.807) is 6.07 Å². The molecule has 0 heterocycles. The van der Waals surface area contributed by atoms with Gasteiger partial charge in [0.25, 0.3) is 0 Å². The lowest BCUT2D eigenvalue weighted by atomic mass is 9.98. The Hall–Kier alpha value is -1.18. The number of nitrogens with two attached hydrogens (primary N) is 1. The summed E-state index contributed by atoms with van der Waals surface area (Å²) in [5.74, 6) is 0.364. The molecule has 0 aliphatic rings. The van der Waals surface area contributed by atoms with Crippen molar-refractivity contribution in [2.24, 2.45) is 0 Å². The molecule has 0 bridgehead atoms. The first kappa shape index (κ1) is 10.9. The van der Waals surface area contributed by atoms with Crippen molar-refractivity contribution >= 4 is 5.69 Å². The van der Waals surface area contributed by atoms with E-state index in [4.69, 9.17) is 5.73 Å². The number of rotatable bonds is 3. The number of aromatic hydroxyl groups is 1. The predicted molar refractivity (Wildman–Crippen MR) is 60.6 cm³/mol. The maximum atomic E-state index is 9.65. The monoisotopic (exact) mass is 193 g/mol. The van der Waals surface area contributed by atoms with Gasteiger partial charge in [-0.3, -0.25) is 0 Å². The smallest absolute Gasteiger partial charge is 0.119 e. The van der Waals surface area contributed by atoms with E-state index in [9.17, 15) is 5.11 Å². The second-order valence-corrected chi connectivity index (χ2v) is 3.82. The number of hydrogen-bond donors (Lipinski definition) is 2. The van der Waals surface area contributed by atoms with Crippen molar-refractivity contribution in [3.05, 3.63) is 22.8 Å². The minimum atomic E-state index is 0.364. The third-order valence-electron chi connectivity index (χ3n) is 2.81. The molecule has 0 radical (unpaired) electrons. The summed E-state index contributed by atoms with van der Waals surface area (Å²) in [6, 6.07) is 1.80. The minimum absolute atomic E-state index is 0.364. The molecule has 78 valence electrons. The molecular weight excluding hydrogens is 174 g/mol. The Kier molecular flexibility index (Phi) is 3.39. The number of anilines is 1. The number of unbranched alkanes of at least 4 members (excludes halogenated alkanes) is 1. The maximum absolute atomic E-state index is 9.65. The second kappa shape index (κ2) is 4.36. The molecule has 0 aliphatic carbocycles. The molecule has 14 heavy (non-hydrogen) atoms. The molecule has 0 aliphatic heterocycles. The van der Waals surface area contributed by atoms with Gasteiger partial charge >= 0.3 is 0 Å². The summed E-state index contributed by atoms with van der Waals surface area (Å²) in [6.07, 6.45) is 3.22. The molecule has 1 aromatic carbocycles. The lowest BCUT2D eigenvalue weighted by Gasteiger charge is -2.12. The Labute approximate surface area is 85.8 Å². The number of hydrogen-bond acceptors (Lipinski definition) is 2. The summed E-state index contributed by atoms with van der Waals surface area (Å²) in [6.45, 7) is 6.00. The van der Waals surface area contributed by atoms with Crippen LogP contribution in [0.4, 0.5) is 5.69 Å². The predicted octanol–water partition coefficient (Wildman–Crippen LogP) is 2.93. The molecule has 2 heteroatoms. The van der Waals surface area contributed by atoms with Gasteiger partial charge in [0, 0.05) is 5.69 Å². The van der Waals surface area contributed by atoms with Gasteiger partial charge in [-0.05, 0) is 49.4 Å². The van der Waals surface area contributed by atoms with Gasteiger partial charge < -0.3 is 10.8 Å². The van der Waals surface area contributed by atoms with Crippen LogP contribution in [0.25, 0.3) is 0 Å². The number of phenolic OH excluding ortho intramolecular Hbond substituents is 1. The summed E-state index contributed by atoms with van der Waals surface area (Å²) in [5, 5.41) is 9.65. The van der Waals surface area contributed by atoms with E-state index in [1.165, 1.54) is 0 Å². The molecule has 0 unspecified atom stereocenters. The van der Waals surface area contributed by atoms with Crippen molar-refractivity contribution in [1.29, 1.82) is 0 Å². The largest absolute Gasteiger partial charge is 0.508 e. The third-order valence-corrected chi connectivity index (χ3v) is 2.81. The molecule has 0 amide bonds. The van der Waals surface area contributed by atoms with E-state index >= 15 is 0 Å². The number of phenols is 1. The Morgan fingerprint density at radius 1 is 1.29 bits per heavy atom. The molecular formula is C12H19NO. The van der Waals surface area contributed by atoms with E-state index in [0.717, 1.165) is 41.6 Å². The van der Waals surface area contributed by atoms with Gasteiger partial charge in [-0.1, -0.05) is 13.3 Å². The SMILES string of the molecule is CCCCc1cc(O)c(C)c(C)c1N. The standard InChI is InChI=1S/C12H19NO/c1-4-5-6-10-7-11(14)8(2)9(3)12(10)13/h7,14H,4-6,13H2,1-3H3. The molecule has 0 saturated heterocycles. The normalized spacial score (nSPS) is 10.5. The van der Waals surface area contributed by atoms with Crippen molar-refractivity contribution in [2.45, 2.75) is 40.0 Å². The van der Waals surface area contributed by atoms with Gasteiger partial charge in [-0.15, -0.1) is 0 Å². The van der Waals surface area contributed by atoms with Crippen LogP contribution in [0, 0.1) is 13.8 Å². The first-order valence-corrected chi connectivity index (χ1v) is 5.15. The highest BCUT2D eigenvalue weighted by Gasteiger charge is 2.08. The molecule has 0 fully saturated rings. The molecule has 1 rings (SSSR count). The van der Waals surface area contributed by atoms with E-state index in [2.05, 4.69) is 6.92 Å². The lowest BCUT2D eigenvalue weighted by molar-refractivity contribution is 0.469. The molecule has 2 nitrogen and oxygen atoms in total. The highest BCUT2D eigenvalue weighted by molar-refractivity contribution is 5.60. The second-order valence-electron chi connectivity index (χ2n) is 3.82. The van der Waals surface area contributed by atoms with Crippen LogP contribution in [0.5, 0.6) is 5.75 Å². The molecule has 0 aromatic heterocycles. The molecule has 3 N–H and O–H groups in total. The maximum Gasteiger partial charge on any atom is 0.119 e. The highest BCUT2D eigenvalue weighted by atomic mass is 16.3. The van der Waals surface area contributed by atoms with Crippen molar-refractivity contribution in [3.8, 4) is 5.75 Å². The van der Waals surface area contributed by atoms with Crippen LogP contribution in [-0.2, 0) is 6.42 Å². The van der Waals surface area contributed by atoms with Crippen molar-refractivity contribution < 1.29 is 5.11 Å².